The molecule has 21 heavy (non-hydrogen) atoms. The number of rotatable bonds is 4. The average Bonchev–Trinajstić information content (AvgIpc) is 2.54. The fourth-order valence-electron chi connectivity index (χ4n) is 2.58. The van der Waals surface area contributed by atoms with Gasteiger partial charge in [-0.25, -0.2) is 0 Å². The number of piperidine rings is 1. The maximum absolute atomic E-state index is 12.4. The van der Waals surface area contributed by atoms with Gasteiger partial charge in [0.1, 0.15) is 5.75 Å². The number of ether oxygens (including phenoxy) is 1. The number of likely N-dealkylation sites (tertiary alicyclic amines) is 1. The van der Waals surface area contributed by atoms with Crippen LogP contribution in [0.3, 0.4) is 0 Å². The van der Waals surface area contributed by atoms with Crippen molar-refractivity contribution in [3.63, 3.8) is 0 Å². The van der Waals surface area contributed by atoms with Crippen molar-refractivity contribution in [2.24, 2.45) is 5.92 Å². The fraction of sp³-hybridized carbons (Fsp3) is 0.500. The molecule has 1 aliphatic rings. The molecule has 1 heterocycles. The monoisotopic (exact) mass is 290 g/mol. The third-order valence-corrected chi connectivity index (χ3v) is 3.84. The topological polar surface area (TPSA) is 58.6 Å². The van der Waals surface area contributed by atoms with E-state index >= 15 is 0 Å². The normalized spacial score (nSPS) is 15.6. The van der Waals surface area contributed by atoms with Gasteiger partial charge in [0.25, 0.3) is 5.91 Å². The largest absolute Gasteiger partial charge is 0.497 e. The number of carbonyl (C=O) groups excluding carboxylic acids is 2. The van der Waals surface area contributed by atoms with E-state index in [0.29, 0.717) is 25.2 Å². The Labute approximate surface area is 125 Å². The van der Waals surface area contributed by atoms with Crippen LogP contribution in [0.4, 0.5) is 0 Å². The molecule has 2 amide bonds. The van der Waals surface area contributed by atoms with Gasteiger partial charge in [-0.05, 0) is 44.0 Å². The predicted octanol–water partition coefficient (Wildman–Crippen LogP) is 1.68. The third-order valence-electron chi connectivity index (χ3n) is 3.84. The summed E-state index contributed by atoms with van der Waals surface area (Å²) in [6, 6.07) is 7.12. The molecule has 0 radical (unpaired) electrons. The van der Waals surface area contributed by atoms with Crippen LogP contribution in [0.1, 0.15) is 30.1 Å². The summed E-state index contributed by atoms with van der Waals surface area (Å²) in [4.78, 5) is 26.0. The molecule has 0 aromatic heterocycles. The Morgan fingerprint density at radius 3 is 2.38 bits per heavy atom. The van der Waals surface area contributed by atoms with Crippen LogP contribution in [-0.4, -0.2) is 43.5 Å². The Morgan fingerprint density at radius 2 is 1.86 bits per heavy atom. The van der Waals surface area contributed by atoms with E-state index in [1.54, 1.807) is 31.4 Å². The summed E-state index contributed by atoms with van der Waals surface area (Å²) in [5, 5.41) is 2.85. The minimum absolute atomic E-state index is 0.0204. The maximum atomic E-state index is 12.4. The summed E-state index contributed by atoms with van der Waals surface area (Å²) in [5.74, 6) is 0.896. The highest BCUT2D eigenvalue weighted by Gasteiger charge is 2.27. The standard InChI is InChI=1S/C16H22N2O3/c1-3-17-15(19)12-8-10-18(11-9-12)16(20)13-4-6-14(21-2)7-5-13/h4-7,12H,3,8-11H2,1-2H3,(H,17,19). The summed E-state index contributed by atoms with van der Waals surface area (Å²) in [7, 11) is 1.60. The van der Waals surface area contributed by atoms with E-state index in [9.17, 15) is 9.59 Å². The molecule has 1 fully saturated rings. The molecule has 0 spiro atoms. The highest BCUT2D eigenvalue weighted by Crippen LogP contribution is 2.20. The van der Waals surface area contributed by atoms with E-state index in [0.717, 1.165) is 18.6 Å². The van der Waals surface area contributed by atoms with Gasteiger partial charge in [0.2, 0.25) is 5.91 Å². The van der Waals surface area contributed by atoms with Gasteiger partial charge < -0.3 is 15.0 Å². The maximum Gasteiger partial charge on any atom is 0.253 e. The molecule has 5 nitrogen and oxygen atoms in total. The second kappa shape index (κ2) is 7.11. The molecule has 1 saturated heterocycles. The summed E-state index contributed by atoms with van der Waals surface area (Å²) in [5.41, 5.74) is 0.659. The Morgan fingerprint density at radius 1 is 1.24 bits per heavy atom. The minimum Gasteiger partial charge on any atom is -0.497 e. The summed E-state index contributed by atoms with van der Waals surface area (Å²) >= 11 is 0. The summed E-state index contributed by atoms with van der Waals surface area (Å²) < 4.78 is 5.09. The van der Waals surface area contributed by atoms with Gasteiger partial charge in [0, 0.05) is 31.1 Å². The van der Waals surface area contributed by atoms with Gasteiger partial charge in [-0.2, -0.15) is 0 Å². The Balaban J connectivity index is 1.92. The van der Waals surface area contributed by atoms with Gasteiger partial charge in [-0.3, -0.25) is 9.59 Å². The first-order valence-electron chi connectivity index (χ1n) is 7.36. The number of nitrogens with zero attached hydrogens (tertiary/aromatic N) is 1. The van der Waals surface area contributed by atoms with E-state index in [1.165, 1.54) is 0 Å². The van der Waals surface area contributed by atoms with Crippen LogP contribution < -0.4 is 10.1 Å². The first-order valence-corrected chi connectivity index (χ1v) is 7.36. The highest BCUT2D eigenvalue weighted by molar-refractivity contribution is 5.94. The molecule has 0 bridgehead atoms. The minimum atomic E-state index is 0.0204. The highest BCUT2D eigenvalue weighted by atomic mass is 16.5. The Kier molecular flexibility index (Phi) is 5.20. The number of hydrogen-bond acceptors (Lipinski definition) is 3. The number of nitrogens with one attached hydrogen (secondary N) is 1. The lowest BCUT2D eigenvalue weighted by Crippen LogP contribution is -2.43. The van der Waals surface area contributed by atoms with Crippen LogP contribution in [0.25, 0.3) is 0 Å². The predicted molar refractivity (Wildman–Crippen MR) is 80.3 cm³/mol. The lowest BCUT2D eigenvalue weighted by molar-refractivity contribution is -0.126. The number of carbonyl (C=O) groups is 2. The molecule has 114 valence electrons. The fourth-order valence-corrected chi connectivity index (χ4v) is 2.58. The van der Waals surface area contributed by atoms with E-state index in [2.05, 4.69) is 5.32 Å². The average molecular weight is 290 g/mol. The quantitative estimate of drug-likeness (QED) is 0.918. The van der Waals surface area contributed by atoms with Crippen LogP contribution in [-0.2, 0) is 4.79 Å². The SMILES string of the molecule is CCNC(=O)C1CCN(C(=O)c2ccc(OC)cc2)CC1. The molecular formula is C16H22N2O3. The second-order valence-electron chi connectivity index (χ2n) is 5.19. The third kappa shape index (κ3) is 3.74. The van der Waals surface area contributed by atoms with Crippen LogP contribution in [0, 0.1) is 5.92 Å². The van der Waals surface area contributed by atoms with Crippen LogP contribution in [0.2, 0.25) is 0 Å². The number of methoxy groups -OCH3 is 1. The molecule has 1 aromatic rings. The molecule has 0 saturated carbocycles. The Hall–Kier alpha value is -2.04. The molecular weight excluding hydrogens is 268 g/mol. The number of benzene rings is 1. The molecule has 2 rings (SSSR count). The van der Waals surface area contributed by atoms with Gasteiger partial charge in [-0.15, -0.1) is 0 Å². The van der Waals surface area contributed by atoms with E-state index < -0.39 is 0 Å². The lowest BCUT2D eigenvalue weighted by Gasteiger charge is -2.31. The van der Waals surface area contributed by atoms with Gasteiger partial charge in [0.05, 0.1) is 7.11 Å². The first-order chi connectivity index (χ1) is 10.2. The molecule has 1 N–H and O–H groups in total. The molecule has 1 aliphatic heterocycles. The lowest BCUT2D eigenvalue weighted by atomic mass is 9.95. The van der Waals surface area contributed by atoms with Crippen molar-refractivity contribution in [3.8, 4) is 5.75 Å². The van der Waals surface area contributed by atoms with Gasteiger partial charge >= 0.3 is 0 Å². The van der Waals surface area contributed by atoms with E-state index in [4.69, 9.17) is 4.74 Å². The van der Waals surface area contributed by atoms with Gasteiger partial charge in [0.15, 0.2) is 0 Å². The molecule has 0 atom stereocenters. The van der Waals surface area contributed by atoms with Crippen LogP contribution in [0.15, 0.2) is 24.3 Å². The van der Waals surface area contributed by atoms with Crippen molar-refractivity contribution in [1.82, 2.24) is 10.2 Å². The zero-order chi connectivity index (χ0) is 15.2. The van der Waals surface area contributed by atoms with Gasteiger partial charge in [-0.1, -0.05) is 0 Å². The molecule has 0 aliphatic carbocycles. The molecule has 0 unspecified atom stereocenters. The second-order valence-corrected chi connectivity index (χ2v) is 5.19. The van der Waals surface area contributed by atoms with E-state index in [-0.39, 0.29) is 17.7 Å². The van der Waals surface area contributed by atoms with Crippen molar-refractivity contribution >= 4 is 11.8 Å². The first kappa shape index (κ1) is 15.4. The van der Waals surface area contributed by atoms with Crippen molar-refractivity contribution in [2.75, 3.05) is 26.7 Å². The summed E-state index contributed by atoms with van der Waals surface area (Å²) in [6.07, 6.45) is 1.46. The zero-order valence-electron chi connectivity index (χ0n) is 12.6. The van der Waals surface area contributed by atoms with Crippen molar-refractivity contribution in [1.29, 1.82) is 0 Å². The van der Waals surface area contributed by atoms with Crippen molar-refractivity contribution in [2.45, 2.75) is 19.8 Å². The van der Waals surface area contributed by atoms with Crippen molar-refractivity contribution < 1.29 is 14.3 Å². The van der Waals surface area contributed by atoms with E-state index in [1.807, 2.05) is 11.8 Å². The number of hydrogen-bond donors (Lipinski definition) is 1. The molecule has 5 heteroatoms. The smallest absolute Gasteiger partial charge is 0.253 e. The zero-order valence-corrected chi connectivity index (χ0v) is 12.6. The van der Waals surface area contributed by atoms with Crippen LogP contribution >= 0.6 is 0 Å². The summed E-state index contributed by atoms with van der Waals surface area (Å²) in [6.45, 7) is 3.84. The number of amides is 2. The van der Waals surface area contributed by atoms with Crippen molar-refractivity contribution in [3.05, 3.63) is 29.8 Å². The Bertz CT molecular complexity index is 491. The van der Waals surface area contributed by atoms with Crippen LogP contribution in [0.5, 0.6) is 5.75 Å². The molecule has 1 aromatic carbocycles.